The van der Waals surface area contributed by atoms with E-state index >= 15 is 0 Å². The molecule has 0 radical (unpaired) electrons. The van der Waals surface area contributed by atoms with Gasteiger partial charge in [0.05, 0.1) is 12.2 Å². The number of thiophene rings is 2. The molecule has 3 atom stereocenters. The summed E-state index contributed by atoms with van der Waals surface area (Å²) in [5.74, 6) is 0.769. The van der Waals surface area contributed by atoms with Crippen LogP contribution in [-0.4, -0.2) is 27.1 Å². The van der Waals surface area contributed by atoms with Gasteiger partial charge in [0.1, 0.15) is 0 Å². The largest absolute Gasteiger partial charge is 0.330 e. The second-order valence-electron chi connectivity index (χ2n) is 6.89. The lowest BCUT2D eigenvalue weighted by atomic mass is 9.97. The minimum atomic E-state index is 0.0950. The summed E-state index contributed by atoms with van der Waals surface area (Å²) >= 11 is 3.57. The molecule has 3 unspecified atom stereocenters. The smallest absolute Gasteiger partial charge is 0.227 e. The number of aromatic nitrogens is 2. The quantitative estimate of drug-likeness (QED) is 0.704. The number of carbonyl (C=O) groups is 1. The summed E-state index contributed by atoms with van der Waals surface area (Å²) in [6.07, 6.45) is 5.88. The van der Waals surface area contributed by atoms with E-state index in [-0.39, 0.29) is 12.0 Å². The number of amides is 1. The van der Waals surface area contributed by atoms with E-state index in [1.54, 1.807) is 11.3 Å². The van der Waals surface area contributed by atoms with Crippen molar-refractivity contribution in [1.29, 1.82) is 0 Å². The lowest BCUT2D eigenvalue weighted by Crippen LogP contribution is -2.40. The predicted molar refractivity (Wildman–Crippen MR) is 100.0 cm³/mol. The Bertz CT molecular complexity index is 911. The molecule has 0 N–H and O–H groups in total. The van der Waals surface area contributed by atoms with Crippen LogP contribution in [0.3, 0.4) is 0 Å². The number of hydrogen-bond donors (Lipinski definition) is 0. The molecule has 1 fully saturated rings. The Labute approximate surface area is 154 Å². The fourth-order valence-corrected chi connectivity index (χ4v) is 5.75. The van der Waals surface area contributed by atoms with Crippen LogP contribution in [0.4, 0.5) is 0 Å². The summed E-state index contributed by atoms with van der Waals surface area (Å²) in [4.78, 5) is 18.1. The van der Waals surface area contributed by atoms with Crippen molar-refractivity contribution in [3.8, 4) is 0 Å². The summed E-state index contributed by atoms with van der Waals surface area (Å²) < 4.78 is 1.82. The Hall–Kier alpha value is -1.92. The van der Waals surface area contributed by atoms with Gasteiger partial charge in [-0.05, 0) is 52.8 Å². The van der Waals surface area contributed by atoms with E-state index in [0.717, 1.165) is 19.4 Å². The molecule has 0 saturated heterocycles. The molecule has 1 amide bonds. The van der Waals surface area contributed by atoms with E-state index in [2.05, 4.69) is 39.0 Å². The van der Waals surface area contributed by atoms with Crippen LogP contribution in [0.5, 0.6) is 0 Å². The zero-order chi connectivity index (χ0) is 17.0. The Morgan fingerprint density at radius 3 is 2.96 bits per heavy atom. The number of rotatable bonds is 3. The monoisotopic (exact) mass is 369 g/mol. The molecule has 1 saturated carbocycles. The van der Waals surface area contributed by atoms with Crippen LogP contribution in [0, 0.1) is 5.92 Å². The molecule has 1 aliphatic carbocycles. The number of carbonyl (C=O) groups excluding carboxylic acids is 1. The van der Waals surface area contributed by atoms with E-state index in [0.29, 0.717) is 11.8 Å². The second kappa shape index (κ2) is 5.81. The maximum atomic E-state index is 13.3. The first kappa shape index (κ1) is 15.3. The highest BCUT2D eigenvalue weighted by Gasteiger charge is 2.48. The molecular weight excluding hydrogens is 350 g/mol. The second-order valence-corrected chi connectivity index (χ2v) is 8.87. The average molecular weight is 370 g/mol. The normalized spacial score (nSPS) is 25.0. The highest BCUT2D eigenvalue weighted by molar-refractivity contribution is 7.10. The van der Waals surface area contributed by atoms with Crippen LogP contribution < -0.4 is 0 Å². The number of fused-ring (bicyclic) bond motifs is 1. The molecular formula is C19H19N3OS2. The third kappa shape index (κ3) is 2.55. The molecule has 128 valence electrons. The van der Waals surface area contributed by atoms with E-state index in [4.69, 9.17) is 0 Å². The van der Waals surface area contributed by atoms with Crippen molar-refractivity contribution in [1.82, 2.24) is 14.7 Å². The first-order valence-electron chi connectivity index (χ1n) is 8.61. The summed E-state index contributed by atoms with van der Waals surface area (Å²) in [5.41, 5.74) is 2.52. The molecule has 4 heterocycles. The zero-order valence-corrected chi connectivity index (χ0v) is 15.6. The van der Waals surface area contributed by atoms with Crippen molar-refractivity contribution in [2.45, 2.75) is 24.8 Å². The highest BCUT2D eigenvalue weighted by Crippen LogP contribution is 2.50. The van der Waals surface area contributed by atoms with Crippen molar-refractivity contribution in [2.75, 3.05) is 6.54 Å². The average Bonchev–Trinajstić information content (AvgIpc) is 3.05. The van der Waals surface area contributed by atoms with Gasteiger partial charge in [-0.15, -0.1) is 22.7 Å². The minimum absolute atomic E-state index is 0.0950. The fourth-order valence-electron chi connectivity index (χ4n) is 3.99. The van der Waals surface area contributed by atoms with Gasteiger partial charge in [-0.3, -0.25) is 9.48 Å². The summed E-state index contributed by atoms with van der Waals surface area (Å²) in [5, 5.41) is 8.52. The lowest BCUT2D eigenvalue weighted by Gasteiger charge is -2.35. The van der Waals surface area contributed by atoms with Gasteiger partial charge in [-0.25, -0.2) is 0 Å². The molecule has 1 aliphatic heterocycles. The van der Waals surface area contributed by atoms with Crippen LogP contribution in [-0.2, 0) is 18.3 Å². The molecule has 0 spiro atoms. The molecule has 25 heavy (non-hydrogen) atoms. The first-order chi connectivity index (χ1) is 12.2. The Kier molecular flexibility index (Phi) is 3.57. The molecule has 2 aliphatic rings. The van der Waals surface area contributed by atoms with Crippen LogP contribution in [0.2, 0.25) is 0 Å². The number of hydrogen-bond acceptors (Lipinski definition) is 4. The van der Waals surface area contributed by atoms with Gasteiger partial charge < -0.3 is 4.90 Å². The van der Waals surface area contributed by atoms with E-state index in [1.165, 1.54) is 20.9 Å². The highest BCUT2D eigenvalue weighted by atomic mass is 32.1. The van der Waals surface area contributed by atoms with Gasteiger partial charge in [0.2, 0.25) is 5.91 Å². The van der Waals surface area contributed by atoms with Gasteiger partial charge in [0.15, 0.2) is 0 Å². The summed E-state index contributed by atoms with van der Waals surface area (Å²) in [6.45, 7) is 0.825. The molecule has 5 rings (SSSR count). The van der Waals surface area contributed by atoms with Gasteiger partial charge in [0, 0.05) is 35.5 Å². The molecule has 3 aromatic heterocycles. The van der Waals surface area contributed by atoms with E-state index < -0.39 is 0 Å². The lowest BCUT2D eigenvalue weighted by molar-refractivity contribution is -0.134. The number of nitrogens with zero attached hydrogens (tertiary/aromatic N) is 3. The standard InChI is InChI=1S/C19H19N3OS2/c1-21-11-12(10-20-21)14-9-15(14)19(23)22-6-4-16-13(5-8-25-16)18(22)17-3-2-7-24-17/h2-3,5,7-8,10-11,14-15,18H,4,6,9H2,1H3. The van der Waals surface area contributed by atoms with Crippen molar-refractivity contribution < 1.29 is 4.79 Å². The van der Waals surface area contributed by atoms with Gasteiger partial charge >= 0.3 is 0 Å². The molecule has 0 aromatic carbocycles. The summed E-state index contributed by atoms with van der Waals surface area (Å²) in [7, 11) is 1.93. The molecule has 3 aromatic rings. The summed E-state index contributed by atoms with van der Waals surface area (Å²) in [6, 6.07) is 6.54. The van der Waals surface area contributed by atoms with Crippen molar-refractivity contribution in [2.24, 2.45) is 13.0 Å². The SMILES string of the molecule is Cn1cc(C2CC2C(=O)N2CCc3sccc3C2c2cccs2)cn1. The van der Waals surface area contributed by atoms with Crippen molar-refractivity contribution in [3.05, 3.63) is 62.2 Å². The topological polar surface area (TPSA) is 38.1 Å². The van der Waals surface area contributed by atoms with Gasteiger partial charge in [-0.2, -0.15) is 5.10 Å². The van der Waals surface area contributed by atoms with Gasteiger partial charge in [0.25, 0.3) is 0 Å². The predicted octanol–water partition coefficient (Wildman–Crippen LogP) is 3.82. The number of aryl methyl sites for hydroxylation is 1. The van der Waals surface area contributed by atoms with E-state index in [9.17, 15) is 4.79 Å². The van der Waals surface area contributed by atoms with Crippen molar-refractivity contribution >= 4 is 28.6 Å². The third-order valence-electron chi connectivity index (χ3n) is 5.32. The van der Waals surface area contributed by atoms with Crippen LogP contribution in [0.15, 0.2) is 41.4 Å². The Morgan fingerprint density at radius 1 is 1.28 bits per heavy atom. The zero-order valence-electron chi connectivity index (χ0n) is 14.0. The van der Waals surface area contributed by atoms with Crippen LogP contribution in [0.1, 0.15) is 39.3 Å². The van der Waals surface area contributed by atoms with Gasteiger partial charge in [-0.1, -0.05) is 6.07 Å². The van der Waals surface area contributed by atoms with Crippen LogP contribution in [0.25, 0.3) is 0 Å². The molecule has 4 nitrogen and oxygen atoms in total. The maximum Gasteiger partial charge on any atom is 0.227 e. The van der Waals surface area contributed by atoms with Crippen molar-refractivity contribution in [3.63, 3.8) is 0 Å². The third-order valence-corrected chi connectivity index (χ3v) is 7.24. The molecule has 0 bridgehead atoms. The Morgan fingerprint density at radius 2 is 2.20 bits per heavy atom. The first-order valence-corrected chi connectivity index (χ1v) is 10.4. The maximum absolute atomic E-state index is 13.3. The van der Waals surface area contributed by atoms with E-state index in [1.807, 2.05) is 35.5 Å². The minimum Gasteiger partial charge on any atom is -0.330 e. The van der Waals surface area contributed by atoms with Crippen LogP contribution >= 0.6 is 22.7 Å². The fraction of sp³-hybridized carbons (Fsp3) is 0.368. The molecule has 6 heteroatoms. The Balaban J connectivity index is 1.44.